The molecule has 1 N–H and O–H groups in total. The van der Waals surface area contributed by atoms with E-state index < -0.39 is 17.5 Å². The number of nitrogens with one attached hydrogen (secondary N) is 1. The first-order valence-corrected chi connectivity index (χ1v) is 19.4. The Labute approximate surface area is 347 Å². The van der Waals surface area contributed by atoms with E-state index in [2.05, 4.69) is 24.9 Å². The Balaban J connectivity index is 0.000000209. The average Bonchev–Trinajstić information content (AvgIpc) is 3.16. The van der Waals surface area contributed by atoms with Crippen LogP contribution >= 0.6 is 34.8 Å². The summed E-state index contributed by atoms with van der Waals surface area (Å²) in [6, 6.07) is 13.7. The molecule has 4 heterocycles. The molecule has 2 aliphatic rings. The SMILES string of the molecule is CC(C)(C)OC(=O)N1CCNCC1.COC(=O)c1cc(Cl)c2ccc(Cl)cc2n1.COC(=O)c1cc(N2CCN(C(=O)OC(C)(C)C)CC2)c2ccc(Cl)cc2n1. The van der Waals surface area contributed by atoms with Gasteiger partial charge in [0.1, 0.15) is 11.2 Å². The number of halogens is 3. The fourth-order valence-electron chi connectivity index (χ4n) is 5.65. The second-order valence-corrected chi connectivity index (χ2v) is 16.3. The van der Waals surface area contributed by atoms with Crippen LogP contribution in [0.2, 0.25) is 15.1 Å². The van der Waals surface area contributed by atoms with Crippen molar-refractivity contribution in [2.45, 2.75) is 52.7 Å². The quantitative estimate of drug-likeness (QED) is 0.158. The van der Waals surface area contributed by atoms with Gasteiger partial charge in [-0.05, 0) is 90.1 Å². The summed E-state index contributed by atoms with van der Waals surface area (Å²) in [5.41, 5.74) is 1.54. The highest BCUT2D eigenvalue weighted by molar-refractivity contribution is 6.36. The number of carbonyl (C=O) groups is 4. The number of pyridine rings is 2. The summed E-state index contributed by atoms with van der Waals surface area (Å²) in [5.74, 6) is -1.03. The van der Waals surface area contributed by atoms with Crippen molar-refractivity contribution in [1.29, 1.82) is 0 Å². The van der Waals surface area contributed by atoms with Gasteiger partial charge in [-0.3, -0.25) is 0 Å². The molecule has 0 atom stereocenters. The predicted octanol–water partition coefficient (Wildman–Crippen LogP) is 7.89. The summed E-state index contributed by atoms with van der Waals surface area (Å²) in [7, 11) is 2.62. The van der Waals surface area contributed by atoms with Crippen molar-refractivity contribution in [3.63, 3.8) is 0 Å². The second kappa shape index (κ2) is 19.7. The van der Waals surface area contributed by atoms with Crippen LogP contribution < -0.4 is 10.2 Å². The van der Waals surface area contributed by atoms with Crippen molar-refractivity contribution in [1.82, 2.24) is 25.1 Å². The topological polar surface area (TPSA) is 153 Å². The first-order valence-electron chi connectivity index (χ1n) is 18.2. The molecule has 0 spiro atoms. The number of anilines is 1. The van der Waals surface area contributed by atoms with E-state index >= 15 is 0 Å². The van der Waals surface area contributed by atoms with E-state index in [1.165, 1.54) is 20.3 Å². The lowest BCUT2D eigenvalue weighted by Gasteiger charge is -2.37. The van der Waals surface area contributed by atoms with E-state index in [1.807, 2.05) is 47.6 Å². The van der Waals surface area contributed by atoms with Gasteiger partial charge in [-0.2, -0.15) is 0 Å². The number of esters is 2. The van der Waals surface area contributed by atoms with Gasteiger partial charge >= 0.3 is 24.1 Å². The second-order valence-electron chi connectivity index (χ2n) is 15.0. The molecule has 4 aromatic rings. The summed E-state index contributed by atoms with van der Waals surface area (Å²) < 4.78 is 20.1. The number of nitrogens with zero attached hydrogens (tertiary/aromatic N) is 5. The number of hydrogen-bond donors (Lipinski definition) is 1. The number of benzene rings is 2. The molecule has 0 aliphatic carbocycles. The molecule has 14 nitrogen and oxygen atoms in total. The van der Waals surface area contributed by atoms with Gasteiger partial charge in [-0.25, -0.2) is 29.1 Å². The van der Waals surface area contributed by atoms with Gasteiger partial charge < -0.3 is 39.0 Å². The number of ether oxygens (including phenoxy) is 4. The molecule has 0 unspecified atom stereocenters. The molecular formula is C40H49Cl3N6O8. The van der Waals surface area contributed by atoms with Gasteiger partial charge in [0.25, 0.3) is 0 Å². The first kappa shape index (κ1) is 45.1. The van der Waals surface area contributed by atoms with Crippen LogP contribution in [0.15, 0.2) is 48.5 Å². The van der Waals surface area contributed by atoms with Gasteiger partial charge in [-0.1, -0.05) is 34.8 Å². The maximum absolute atomic E-state index is 12.3. The third kappa shape index (κ3) is 13.2. The molecular weight excluding hydrogens is 799 g/mol. The summed E-state index contributed by atoms with van der Waals surface area (Å²) in [5, 5.41) is 6.35. The van der Waals surface area contributed by atoms with Crippen molar-refractivity contribution < 1.29 is 38.1 Å². The zero-order chi connectivity index (χ0) is 42.1. The van der Waals surface area contributed by atoms with Gasteiger partial charge in [0.2, 0.25) is 0 Å². The highest BCUT2D eigenvalue weighted by atomic mass is 35.5. The van der Waals surface area contributed by atoms with Crippen molar-refractivity contribution in [2.24, 2.45) is 0 Å². The Hall–Kier alpha value is -4.63. The average molecular weight is 848 g/mol. The van der Waals surface area contributed by atoms with Gasteiger partial charge in [0.15, 0.2) is 11.4 Å². The van der Waals surface area contributed by atoms with Crippen molar-refractivity contribution in [3.05, 3.63) is 75.0 Å². The number of rotatable bonds is 3. The van der Waals surface area contributed by atoms with Gasteiger partial charge in [-0.15, -0.1) is 0 Å². The van der Waals surface area contributed by atoms with Crippen molar-refractivity contribution in [2.75, 3.05) is 71.5 Å². The van der Waals surface area contributed by atoms with Gasteiger partial charge in [0.05, 0.1) is 30.3 Å². The van der Waals surface area contributed by atoms with Crippen LogP contribution in [-0.2, 0) is 18.9 Å². The minimum Gasteiger partial charge on any atom is -0.464 e. The minimum absolute atomic E-state index is 0.169. The standard InChI is InChI=1S/C20H24ClN3O4.C11H7Cl2NO2.C9H18N2O2/c1-20(2,3)28-19(26)24-9-7-23(8-10-24)17-12-16(18(25)27-4)22-15-11-13(21)5-6-14(15)17;1-16-11(15)10-5-8(13)7-3-2-6(12)4-9(7)14-10;1-9(2,3)13-8(12)11-6-4-10-5-7-11/h5-6,11-12H,7-10H2,1-4H3;2-5H,1H3;10H,4-7H2,1-3H3. The van der Waals surface area contributed by atoms with E-state index in [4.69, 9.17) is 49.0 Å². The van der Waals surface area contributed by atoms with E-state index in [9.17, 15) is 19.2 Å². The maximum Gasteiger partial charge on any atom is 0.410 e. The number of piperazine rings is 2. The first-order chi connectivity index (χ1) is 26.8. The number of carbonyl (C=O) groups excluding carboxylic acids is 4. The molecule has 57 heavy (non-hydrogen) atoms. The highest BCUT2D eigenvalue weighted by Crippen LogP contribution is 2.30. The number of amides is 2. The fraction of sp³-hybridized carbons (Fsp3) is 0.450. The Bertz CT molecular complexity index is 2070. The monoisotopic (exact) mass is 846 g/mol. The van der Waals surface area contributed by atoms with Crippen molar-refractivity contribution >= 4 is 86.4 Å². The Morgan fingerprint density at radius 1 is 0.614 bits per heavy atom. The number of aromatic nitrogens is 2. The van der Waals surface area contributed by atoms with Crippen LogP contribution in [0.3, 0.4) is 0 Å². The fourth-order valence-corrected chi connectivity index (χ4v) is 6.25. The predicted molar refractivity (Wildman–Crippen MR) is 222 cm³/mol. The number of hydrogen-bond acceptors (Lipinski definition) is 12. The molecule has 2 amide bonds. The molecule has 308 valence electrons. The third-order valence-corrected chi connectivity index (χ3v) is 9.08. The minimum atomic E-state index is -0.524. The molecule has 0 radical (unpaired) electrons. The van der Waals surface area contributed by atoms with E-state index in [-0.39, 0.29) is 29.2 Å². The Kier molecular flexibility index (Phi) is 15.6. The van der Waals surface area contributed by atoms with Crippen LogP contribution in [0.1, 0.15) is 62.5 Å². The van der Waals surface area contributed by atoms with Crippen LogP contribution in [0.5, 0.6) is 0 Å². The lowest BCUT2D eigenvalue weighted by atomic mass is 10.1. The molecule has 2 saturated heterocycles. The van der Waals surface area contributed by atoms with Crippen LogP contribution in [0.25, 0.3) is 21.8 Å². The molecule has 0 bridgehead atoms. The largest absolute Gasteiger partial charge is 0.464 e. The molecule has 2 aromatic heterocycles. The summed E-state index contributed by atoms with van der Waals surface area (Å²) in [4.78, 5) is 61.2. The van der Waals surface area contributed by atoms with E-state index in [0.29, 0.717) is 52.3 Å². The Morgan fingerprint density at radius 3 is 1.53 bits per heavy atom. The van der Waals surface area contributed by atoms with Crippen LogP contribution in [0.4, 0.5) is 15.3 Å². The lowest BCUT2D eigenvalue weighted by molar-refractivity contribution is 0.0223. The summed E-state index contributed by atoms with van der Waals surface area (Å²) in [6.45, 7) is 16.7. The summed E-state index contributed by atoms with van der Waals surface area (Å²) >= 11 is 18.0. The zero-order valence-electron chi connectivity index (χ0n) is 33.4. The number of methoxy groups -OCH3 is 2. The number of fused-ring (bicyclic) bond motifs is 2. The lowest BCUT2D eigenvalue weighted by Crippen LogP contribution is -2.50. The van der Waals surface area contributed by atoms with E-state index in [0.717, 1.165) is 42.6 Å². The van der Waals surface area contributed by atoms with E-state index in [1.54, 1.807) is 46.2 Å². The molecule has 2 fully saturated rings. The molecule has 2 aliphatic heterocycles. The normalized spacial score (nSPS) is 14.5. The molecule has 6 rings (SSSR count). The zero-order valence-corrected chi connectivity index (χ0v) is 35.7. The molecule has 0 saturated carbocycles. The van der Waals surface area contributed by atoms with Crippen molar-refractivity contribution in [3.8, 4) is 0 Å². The summed E-state index contributed by atoms with van der Waals surface area (Å²) in [6.07, 6.45) is -0.511. The molecule has 17 heteroatoms. The van der Waals surface area contributed by atoms with Crippen LogP contribution in [0, 0.1) is 0 Å². The highest BCUT2D eigenvalue weighted by Gasteiger charge is 2.28. The smallest absolute Gasteiger partial charge is 0.410 e. The third-order valence-electron chi connectivity index (χ3n) is 8.30. The van der Waals surface area contributed by atoms with Gasteiger partial charge in [0, 0.05) is 78.9 Å². The molecule has 2 aromatic carbocycles. The van der Waals surface area contributed by atoms with Crippen LogP contribution in [-0.4, -0.2) is 122 Å². The maximum atomic E-state index is 12.3. The Morgan fingerprint density at radius 2 is 1.05 bits per heavy atom.